The number of rotatable bonds is 1. The molecule has 1 aliphatic rings. The molecule has 1 unspecified atom stereocenters. The number of aliphatic hydroxyl groups is 1. The summed E-state index contributed by atoms with van der Waals surface area (Å²) in [4.78, 5) is 0. The van der Waals surface area contributed by atoms with Crippen LogP contribution < -0.4 is 0 Å². The molecule has 4 heteroatoms. The Morgan fingerprint density at radius 3 is 2.94 bits per heavy atom. The molecule has 0 amide bonds. The van der Waals surface area contributed by atoms with Crippen molar-refractivity contribution < 1.29 is 9.50 Å². The van der Waals surface area contributed by atoms with Crippen molar-refractivity contribution in [2.45, 2.75) is 18.4 Å². The van der Waals surface area contributed by atoms with Crippen LogP contribution >= 0.6 is 0 Å². The number of benzene rings is 1. The highest BCUT2D eigenvalue weighted by Gasteiger charge is 2.40. The molecule has 1 atom stereocenters. The molecule has 0 saturated heterocycles. The van der Waals surface area contributed by atoms with Gasteiger partial charge in [-0.15, -0.1) is 0 Å². The Morgan fingerprint density at radius 1 is 1.41 bits per heavy atom. The molecule has 0 radical (unpaired) electrons. The van der Waals surface area contributed by atoms with E-state index < -0.39 is 5.60 Å². The fourth-order valence-corrected chi connectivity index (χ4v) is 2.67. The predicted molar refractivity (Wildman–Crippen MR) is 60.9 cm³/mol. The summed E-state index contributed by atoms with van der Waals surface area (Å²) < 4.78 is 14.8. The minimum atomic E-state index is -1.03. The summed E-state index contributed by atoms with van der Waals surface area (Å²) in [6.07, 6.45) is 2.93. The number of halogens is 1. The number of hydrogen-bond donors (Lipinski definition) is 1. The van der Waals surface area contributed by atoms with Crippen LogP contribution in [-0.4, -0.2) is 14.9 Å². The highest BCUT2D eigenvalue weighted by Crippen LogP contribution is 2.41. The molecule has 2 aromatic rings. The van der Waals surface area contributed by atoms with Crippen LogP contribution in [0.5, 0.6) is 0 Å². The number of nitrogens with zero attached hydrogens (tertiary/aromatic N) is 2. The third-order valence-corrected chi connectivity index (χ3v) is 3.51. The first-order valence-corrected chi connectivity index (χ1v) is 5.61. The molecule has 0 spiro atoms. The zero-order chi connectivity index (χ0) is 12.0. The van der Waals surface area contributed by atoms with Gasteiger partial charge in [-0.3, -0.25) is 4.68 Å². The average molecular weight is 232 g/mol. The molecule has 88 valence electrons. The van der Waals surface area contributed by atoms with Crippen molar-refractivity contribution in [3.8, 4) is 0 Å². The lowest BCUT2D eigenvalue weighted by Crippen LogP contribution is -2.27. The van der Waals surface area contributed by atoms with Crippen LogP contribution in [0, 0.1) is 5.82 Å². The van der Waals surface area contributed by atoms with E-state index in [4.69, 9.17) is 0 Å². The van der Waals surface area contributed by atoms with E-state index in [2.05, 4.69) is 5.10 Å². The summed E-state index contributed by atoms with van der Waals surface area (Å²) in [5, 5.41) is 14.9. The monoisotopic (exact) mass is 232 g/mol. The average Bonchev–Trinajstić information content (AvgIpc) is 2.85. The van der Waals surface area contributed by atoms with E-state index in [-0.39, 0.29) is 5.82 Å². The molecular formula is C13H13FN2O. The van der Waals surface area contributed by atoms with E-state index in [0.29, 0.717) is 12.8 Å². The van der Waals surface area contributed by atoms with E-state index in [1.54, 1.807) is 30.1 Å². The van der Waals surface area contributed by atoms with E-state index in [1.165, 1.54) is 12.1 Å². The summed E-state index contributed by atoms with van der Waals surface area (Å²) in [5.41, 5.74) is 1.40. The zero-order valence-electron chi connectivity index (χ0n) is 9.52. The second-order valence-corrected chi connectivity index (χ2v) is 4.50. The van der Waals surface area contributed by atoms with Gasteiger partial charge in [-0.25, -0.2) is 4.39 Å². The van der Waals surface area contributed by atoms with E-state index in [0.717, 1.165) is 16.8 Å². The Morgan fingerprint density at radius 2 is 2.24 bits per heavy atom. The Kier molecular flexibility index (Phi) is 2.10. The first-order valence-electron chi connectivity index (χ1n) is 5.61. The van der Waals surface area contributed by atoms with Crippen LogP contribution in [0.15, 0.2) is 30.5 Å². The van der Waals surface area contributed by atoms with E-state index in [1.807, 2.05) is 0 Å². The van der Waals surface area contributed by atoms with Gasteiger partial charge in [-0.2, -0.15) is 5.10 Å². The number of aromatic nitrogens is 2. The minimum absolute atomic E-state index is 0.252. The van der Waals surface area contributed by atoms with Gasteiger partial charge < -0.3 is 5.11 Å². The third-order valence-electron chi connectivity index (χ3n) is 3.51. The molecule has 1 N–H and O–H groups in total. The first-order chi connectivity index (χ1) is 8.11. The van der Waals surface area contributed by atoms with Gasteiger partial charge in [0.15, 0.2) is 0 Å². The van der Waals surface area contributed by atoms with Crippen molar-refractivity contribution in [1.82, 2.24) is 9.78 Å². The van der Waals surface area contributed by atoms with Crippen LogP contribution in [0.4, 0.5) is 4.39 Å². The molecule has 0 saturated carbocycles. The fourth-order valence-electron chi connectivity index (χ4n) is 2.67. The Hall–Kier alpha value is -1.68. The van der Waals surface area contributed by atoms with Crippen molar-refractivity contribution in [3.63, 3.8) is 0 Å². The van der Waals surface area contributed by atoms with Crippen LogP contribution in [0.2, 0.25) is 0 Å². The maximum atomic E-state index is 13.1. The third kappa shape index (κ3) is 1.41. The Bertz CT molecular complexity index is 579. The summed E-state index contributed by atoms with van der Waals surface area (Å²) in [5.74, 6) is -0.252. The first kappa shape index (κ1) is 10.5. The van der Waals surface area contributed by atoms with Gasteiger partial charge in [0.2, 0.25) is 0 Å². The molecular weight excluding hydrogens is 219 g/mol. The second kappa shape index (κ2) is 3.40. The maximum Gasteiger partial charge on any atom is 0.132 e. The van der Waals surface area contributed by atoms with Crippen LogP contribution in [0.3, 0.4) is 0 Å². The summed E-state index contributed by atoms with van der Waals surface area (Å²) in [7, 11) is 1.80. The van der Waals surface area contributed by atoms with Crippen molar-refractivity contribution in [1.29, 1.82) is 0 Å². The summed E-state index contributed by atoms with van der Waals surface area (Å²) in [6.45, 7) is 0. The molecule has 0 bridgehead atoms. The quantitative estimate of drug-likeness (QED) is 0.813. The molecule has 3 nitrogen and oxygen atoms in total. The lowest BCUT2D eigenvalue weighted by atomic mass is 9.92. The molecule has 0 aliphatic heterocycles. The molecule has 3 rings (SSSR count). The van der Waals surface area contributed by atoms with Gasteiger partial charge in [0.05, 0.1) is 5.69 Å². The van der Waals surface area contributed by atoms with Crippen molar-refractivity contribution in [2.75, 3.05) is 0 Å². The number of aryl methyl sites for hydroxylation is 2. The highest BCUT2D eigenvalue weighted by atomic mass is 19.1. The fraction of sp³-hybridized carbons (Fsp3) is 0.308. The molecule has 1 aromatic heterocycles. The van der Waals surface area contributed by atoms with Gasteiger partial charge >= 0.3 is 0 Å². The van der Waals surface area contributed by atoms with E-state index >= 15 is 0 Å². The van der Waals surface area contributed by atoms with Crippen LogP contribution in [0.25, 0.3) is 0 Å². The standard InChI is InChI=1S/C13H13FN2O/c1-16-12(5-7-15-16)13(17)6-4-9-8-10(14)2-3-11(9)13/h2-3,5,7-8,17H,4,6H2,1H3. The Labute approximate surface area is 98.5 Å². The summed E-state index contributed by atoms with van der Waals surface area (Å²) >= 11 is 0. The molecule has 1 aromatic carbocycles. The zero-order valence-corrected chi connectivity index (χ0v) is 9.52. The van der Waals surface area contributed by atoms with Crippen LogP contribution in [-0.2, 0) is 19.1 Å². The smallest absolute Gasteiger partial charge is 0.132 e. The van der Waals surface area contributed by atoms with Gasteiger partial charge in [0.25, 0.3) is 0 Å². The lowest BCUT2D eigenvalue weighted by Gasteiger charge is -2.24. The van der Waals surface area contributed by atoms with E-state index in [9.17, 15) is 9.50 Å². The summed E-state index contributed by atoms with van der Waals surface area (Å²) in [6, 6.07) is 6.37. The Balaban J connectivity index is 2.17. The maximum absolute atomic E-state index is 13.1. The molecule has 1 heterocycles. The van der Waals surface area contributed by atoms with Crippen molar-refractivity contribution >= 4 is 0 Å². The van der Waals surface area contributed by atoms with Gasteiger partial charge in [0, 0.05) is 13.2 Å². The number of hydrogen-bond acceptors (Lipinski definition) is 2. The van der Waals surface area contributed by atoms with Gasteiger partial charge in [-0.1, -0.05) is 6.07 Å². The van der Waals surface area contributed by atoms with Crippen molar-refractivity contribution in [2.24, 2.45) is 7.05 Å². The van der Waals surface area contributed by atoms with Gasteiger partial charge in [-0.05, 0) is 42.2 Å². The second-order valence-electron chi connectivity index (χ2n) is 4.50. The highest BCUT2D eigenvalue weighted by molar-refractivity contribution is 5.43. The predicted octanol–water partition coefficient (Wildman–Crippen LogP) is 1.74. The molecule has 17 heavy (non-hydrogen) atoms. The van der Waals surface area contributed by atoms with Crippen LogP contribution in [0.1, 0.15) is 23.2 Å². The normalized spacial score (nSPS) is 22.8. The lowest BCUT2D eigenvalue weighted by molar-refractivity contribution is 0.0740. The minimum Gasteiger partial charge on any atom is -0.379 e. The SMILES string of the molecule is Cn1nccc1C1(O)CCc2cc(F)ccc21. The molecule has 0 fully saturated rings. The van der Waals surface area contributed by atoms with Gasteiger partial charge in [0.1, 0.15) is 11.4 Å². The topological polar surface area (TPSA) is 38.0 Å². The molecule has 1 aliphatic carbocycles. The number of fused-ring (bicyclic) bond motifs is 1. The van der Waals surface area contributed by atoms with Crippen molar-refractivity contribution in [3.05, 3.63) is 53.1 Å². The largest absolute Gasteiger partial charge is 0.379 e.